The van der Waals surface area contributed by atoms with Gasteiger partial charge in [0.1, 0.15) is 5.82 Å². The molecule has 0 spiro atoms. The van der Waals surface area contributed by atoms with Crippen molar-refractivity contribution in [2.45, 2.75) is 0 Å². The highest BCUT2D eigenvalue weighted by atomic mass is 32.2. The Kier molecular flexibility index (Phi) is 6.69. The van der Waals surface area contributed by atoms with Crippen molar-refractivity contribution >= 4 is 46.7 Å². The summed E-state index contributed by atoms with van der Waals surface area (Å²) in [5.74, 6) is 0.980. The number of hydrogen-bond acceptors (Lipinski definition) is 9. The van der Waals surface area contributed by atoms with Gasteiger partial charge in [-0.15, -0.1) is 0 Å². The lowest BCUT2D eigenvalue weighted by Gasteiger charge is -2.36. The first-order chi connectivity index (χ1) is 17.0. The monoisotopic (exact) mass is 493 g/mol. The Morgan fingerprint density at radius 2 is 1.63 bits per heavy atom. The van der Waals surface area contributed by atoms with Crippen molar-refractivity contribution in [3.05, 3.63) is 52.6 Å². The van der Waals surface area contributed by atoms with Crippen LogP contribution in [0, 0.1) is 0 Å². The number of thioether (sulfide) groups is 1. The molecule has 3 fully saturated rings. The molecule has 0 radical (unpaired) electrons. The number of carbonyl (C=O) groups excluding carboxylic acids is 3. The van der Waals surface area contributed by atoms with Crippen molar-refractivity contribution in [1.29, 1.82) is 0 Å². The summed E-state index contributed by atoms with van der Waals surface area (Å²) >= 11 is 0.876. The molecule has 0 bridgehead atoms. The first-order valence-electron chi connectivity index (χ1n) is 11.6. The van der Waals surface area contributed by atoms with Gasteiger partial charge >= 0.3 is 0 Å². The van der Waals surface area contributed by atoms with Crippen molar-refractivity contribution in [1.82, 2.24) is 25.1 Å². The lowest BCUT2D eigenvalue weighted by atomic mass is 10.2. The molecular formula is C24H27N7O3S. The van der Waals surface area contributed by atoms with E-state index in [9.17, 15) is 14.4 Å². The molecule has 10 nitrogen and oxygen atoms in total. The minimum Gasteiger partial charge on any atom is -0.354 e. The summed E-state index contributed by atoms with van der Waals surface area (Å²) in [7, 11) is 2.10. The van der Waals surface area contributed by atoms with E-state index >= 15 is 0 Å². The molecule has 11 heteroatoms. The number of amides is 3. The maximum absolute atomic E-state index is 12.8. The number of anilines is 2. The maximum Gasteiger partial charge on any atom is 0.290 e. The van der Waals surface area contributed by atoms with Crippen molar-refractivity contribution in [2.75, 3.05) is 69.2 Å². The van der Waals surface area contributed by atoms with Crippen LogP contribution in [-0.2, 0) is 4.79 Å². The number of benzene rings is 1. The van der Waals surface area contributed by atoms with E-state index in [4.69, 9.17) is 9.97 Å². The molecule has 3 aliphatic rings. The van der Waals surface area contributed by atoms with E-state index in [0.29, 0.717) is 48.3 Å². The predicted molar refractivity (Wildman–Crippen MR) is 135 cm³/mol. The number of hydrogen-bond donors (Lipinski definition) is 1. The summed E-state index contributed by atoms with van der Waals surface area (Å²) < 4.78 is 0. The van der Waals surface area contributed by atoms with Crippen LogP contribution in [0.5, 0.6) is 0 Å². The molecule has 0 atom stereocenters. The van der Waals surface area contributed by atoms with Crippen molar-refractivity contribution in [2.24, 2.45) is 0 Å². The van der Waals surface area contributed by atoms with Gasteiger partial charge in [-0.2, -0.15) is 4.98 Å². The Bertz CT molecular complexity index is 1160. The van der Waals surface area contributed by atoms with E-state index in [1.165, 1.54) is 0 Å². The van der Waals surface area contributed by atoms with Gasteiger partial charge in [0, 0.05) is 64.0 Å². The van der Waals surface area contributed by atoms with Crippen LogP contribution in [0.4, 0.5) is 16.6 Å². The van der Waals surface area contributed by atoms with E-state index in [1.54, 1.807) is 6.08 Å². The third kappa shape index (κ3) is 5.30. The minimum absolute atomic E-state index is 0.0247. The highest BCUT2D eigenvalue weighted by Gasteiger charge is 2.27. The fourth-order valence-corrected chi connectivity index (χ4v) is 4.95. The minimum atomic E-state index is -0.408. The van der Waals surface area contributed by atoms with E-state index in [1.807, 2.05) is 41.3 Å². The lowest BCUT2D eigenvalue weighted by Crippen LogP contribution is -2.49. The molecule has 0 unspecified atom stereocenters. The molecule has 2 aromatic rings. The van der Waals surface area contributed by atoms with E-state index in [2.05, 4.69) is 27.1 Å². The van der Waals surface area contributed by atoms with Gasteiger partial charge < -0.3 is 19.6 Å². The number of nitrogens with one attached hydrogen (secondary N) is 1. The quantitative estimate of drug-likeness (QED) is 0.635. The molecule has 35 heavy (non-hydrogen) atoms. The van der Waals surface area contributed by atoms with Crippen LogP contribution in [0.2, 0.25) is 0 Å². The number of likely N-dealkylation sites (N-methyl/N-ethyl adjacent to an activating group) is 1. The summed E-state index contributed by atoms with van der Waals surface area (Å²) in [6, 6.07) is 11.2. The average Bonchev–Trinajstić information content (AvgIpc) is 3.20. The van der Waals surface area contributed by atoms with Crippen LogP contribution in [0.15, 0.2) is 41.3 Å². The molecule has 1 N–H and O–H groups in total. The van der Waals surface area contributed by atoms with Crippen molar-refractivity contribution < 1.29 is 14.4 Å². The van der Waals surface area contributed by atoms with Gasteiger partial charge in [0.2, 0.25) is 5.95 Å². The van der Waals surface area contributed by atoms with Gasteiger partial charge in [-0.1, -0.05) is 18.2 Å². The Morgan fingerprint density at radius 1 is 0.943 bits per heavy atom. The van der Waals surface area contributed by atoms with Crippen molar-refractivity contribution in [3.8, 4) is 0 Å². The number of piperazine rings is 2. The Morgan fingerprint density at radius 3 is 2.29 bits per heavy atom. The average molecular weight is 494 g/mol. The van der Waals surface area contributed by atoms with Crippen molar-refractivity contribution in [3.63, 3.8) is 0 Å². The Balaban J connectivity index is 1.37. The molecule has 5 rings (SSSR count). The van der Waals surface area contributed by atoms with E-state index < -0.39 is 5.91 Å². The molecule has 4 heterocycles. The molecule has 0 saturated carbocycles. The molecule has 1 aromatic heterocycles. The Labute approximate surface area is 208 Å². The van der Waals surface area contributed by atoms with Crippen LogP contribution in [0.3, 0.4) is 0 Å². The normalized spacial score (nSPS) is 20.5. The Hall–Kier alpha value is -3.44. The van der Waals surface area contributed by atoms with Gasteiger partial charge in [-0.05, 0) is 37.0 Å². The lowest BCUT2D eigenvalue weighted by molar-refractivity contribution is -0.115. The van der Waals surface area contributed by atoms with Gasteiger partial charge in [0.05, 0.1) is 10.6 Å². The predicted octanol–water partition coefficient (Wildman–Crippen LogP) is 1.51. The SMILES string of the molecule is CN1CCN(c2cc(/C=C3/SC(=O)NC3=O)nc(N3CCN(C(=O)c4ccccc4)CC3)n2)CC1. The van der Waals surface area contributed by atoms with Crippen LogP contribution >= 0.6 is 11.8 Å². The second-order valence-electron chi connectivity index (χ2n) is 8.74. The first kappa shape index (κ1) is 23.3. The van der Waals surface area contributed by atoms with Crippen LogP contribution in [-0.4, -0.2) is 96.2 Å². The molecule has 182 valence electrons. The number of rotatable bonds is 4. The van der Waals surface area contributed by atoms with Crippen LogP contribution in [0.1, 0.15) is 16.1 Å². The van der Waals surface area contributed by atoms with Crippen LogP contribution in [0.25, 0.3) is 6.08 Å². The molecular weight excluding hydrogens is 466 g/mol. The number of aromatic nitrogens is 2. The largest absolute Gasteiger partial charge is 0.354 e. The smallest absolute Gasteiger partial charge is 0.290 e. The second kappa shape index (κ2) is 10.0. The summed E-state index contributed by atoms with van der Waals surface area (Å²) in [5.41, 5.74) is 1.27. The van der Waals surface area contributed by atoms with Gasteiger partial charge in [-0.25, -0.2) is 4.98 Å². The third-order valence-electron chi connectivity index (χ3n) is 6.34. The molecule has 0 aliphatic carbocycles. The van der Waals surface area contributed by atoms with Gasteiger partial charge in [-0.3, -0.25) is 19.7 Å². The number of nitrogens with zero attached hydrogens (tertiary/aromatic N) is 6. The summed E-state index contributed by atoms with van der Waals surface area (Å²) in [5, 5.41) is 1.91. The topological polar surface area (TPSA) is 102 Å². The summed E-state index contributed by atoms with van der Waals surface area (Å²) in [6.45, 7) is 5.90. The van der Waals surface area contributed by atoms with E-state index in [-0.39, 0.29) is 11.1 Å². The van der Waals surface area contributed by atoms with Crippen LogP contribution < -0.4 is 15.1 Å². The zero-order valence-electron chi connectivity index (χ0n) is 19.5. The first-order valence-corrected chi connectivity index (χ1v) is 12.4. The highest BCUT2D eigenvalue weighted by molar-refractivity contribution is 8.18. The summed E-state index contributed by atoms with van der Waals surface area (Å²) in [4.78, 5) is 54.8. The zero-order chi connectivity index (χ0) is 24.4. The molecule has 1 aromatic carbocycles. The third-order valence-corrected chi connectivity index (χ3v) is 7.15. The van der Waals surface area contributed by atoms with Gasteiger partial charge in [0.15, 0.2) is 0 Å². The summed E-state index contributed by atoms with van der Waals surface area (Å²) in [6.07, 6.45) is 1.64. The zero-order valence-corrected chi connectivity index (χ0v) is 20.3. The fourth-order valence-electron chi connectivity index (χ4n) is 4.28. The van der Waals surface area contributed by atoms with E-state index in [0.717, 1.165) is 43.8 Å². The van der Waals surface area contributed by atoms with Gasteiger partial charge in [0.25, 0.3) is 17.1 Å². The maximum atomic E-state index is 12.8. The number of imide groups is 1. The molecule has 3 saturated heterocycles. The second-order valence-corrected chi connectivity index (χ2v) is 9.75. The standard InChI is InChI=1S/C24H27N7O3S/c1-28-7-9-29(10-8-28)20-16-18(15-19-21(32)27-24(34)35-19)25-23(26-20)31-13-11-30(12-14-31)22(33)17-5-3-2-4-6-17/h2-6,15-16H,7-14H2,1H3,(H,27,32,34)/b19-15+. The highest BCUT2D eigenvalue weighted by Crippen LogP contribution is 2.27. The molecule has 3 aliphatic heterocycles. The number of carbonyl (C=O) groups is 3. The molecule has 3 amide bonds. The fraction of sp³-hybridized carbons (Fsp3) is 0.375.